The maximum absolute atomic E-state index is 14.0. The van der Waals surface area contributed by atoms with Gasteiger partial charge in [0.05, 0.1) is 5.56 Å². The van der Waals surface area contributed by atoms with Crippen LogP contribution in [0.5, 0.6) is 0 Å². The molecule has 0 unspecified atom stereocenters. The number of rotatable bonds is 8. The molecule has 0 saturated heterocycles. The maximum atomic E-state index is 14.0. The van der Waals surface area contributed by atoms with E-state index in [9.17, 15) is 17.6 Å². The van der Waals surface area contributed by atoms with E-state index in [0.29, 0.717) is 19.6 Å². The van der Waals surface area contributed by atoms with Crippen molar-refractivity contribution in [1.29, 1.82) is 0 Å². The van der Waals surface area contributed by atoms with E-state index in [-0.39, 0.29) is 11.0 Å². The van der Waals surface area contributed by atoms with Gasteiger partial charge in [0.15, 0.2) is 5.82 Å². The molecular weight excluding hydrogens is 369 g/mol. The first-order valence-electron chi connectivity index (χ1n) is 6.09. The standard InChI is InChI=1S/C12H15BrFNO5S/c1-2-20-5-3-4-15-21(18,19)10-7-8(13)6-9(11(10)14)12(16)17/h6-7,15H,2-5H2,1H3,(H,16,17). The van der Waals surface area contributed by atoms with Crippen molar-refractivity contribution in [2.45, 2.75) is 18.2 Å². The Morgan fingerprint density at radius 3 is 2.71 bits per heavy atom. The SMILES string of the molecule is CCOCCCNS(=O)(=O)c1cc(Br)cc(C(=O)O)c1F. The van der Waals surface area contributed by atoms with Crippen molar-refractivity contribution in [2.75, 3.05) is 19.8 Å². The van der Waals surface area contributed by atoms with Crippen molar-refractivity contribution in [1.82, 2.24) is 4.72 Å². The molecule has 0 atom stereocenters. The molecule has 0 aliphatic rings. The molecule has 1 rings (SSSR count). The summed E-state index contributed by atoms with van der Waals surface area (Å²) in [6, 6.07) is 2.03. The van der Waals surface area contributed by atoms with Crippen LogP contribution in [-0.4, -0.2) is 39.3 Å². The molecule has 0 amide bonds. The van der Waals surface area contributed by atoms with Crippen LogP contribution in [0.4, 0.5) is 4.39 Å². The molecule has 2 N–H and O–H groups in total. The first kappa shape index (κ1) is 18.0. The molecule has 0 aliphatic heterocycles. The highest BCUT2D eigenvalue weighted by molar-refractivity contribution is 9.10. The average Bonchev–Trinajstić information content (AvgIpc) is 2.40. The van der Waals surface area contributed by atoms with Gasteiger partial charge in [0.2, 0.25) is 10.0 Å². The fourth-order valence-corrected chi connectivity index (χ4v) is 3.32. The van der Waals surface area contributed by atoms with E-state index in [1.807, 2.05) is 6.92 Å². The van der Waals surface area contributed by atoms with Gasteiger partial charge in [-0.3, -0.25) is 0 Å². The Morgan fingerprint density at radius 2 is 2.14 bits per heavy atom. The lowest BCUT2D eigenvalue weighted by atomic mass is 10.2. The minimum absolute atomic E-state index is 0.0662. The largest absolute Gasteiger partial charge is 0.478 e. The molecule has 0 heterocycles. The first-order chi connectivity index (χ1) is 9.79. The first-order valence-corrected chi connectivity index (χ1v) is 8.37. The Labute approximate surface area is 130 Å². The third-order valence-corrected chi connectivity index (χ3v) is 4.40. The number of carboxylic acids is 1. The van der Waals surface area contributed by atoms with E-state index in [2.05, 4.69) is 20.7 Å². The molecule has 0 aromatic heterocycles. The van der Waals surface area contributed by atoms with Gasteiger partial charge < -0.3 is 9.84 Å². The molecule has 0 bridgehead atoms. The summed E-state index contributed by atoms with van der Waals surface area (Å²) in [6.45, 7) is 2.78. The minimum atomic E-state index is -4.13. The number of sulfonamides is 1. The summed E-state index contributed by atoms with van der Waals surface area (Å²) in [5.41, 5.74) is -0.709. The summed E-state index contributed by atoms with van der Waals surface area (Å²) < 4.78 is 45.4. The summed E-state index contributed by atoms with van der Waals surface area (Å²) in [4.78, 5) is 10.2. The van der Waals surface area contributed by atoms with Gasteiger partial charge in [0, 0.05) is 24.2 Å². The molecule has 0 aliphatic carbocycles. The number of benzene rings is 1. The number of halogens is 2. The number of nitrogens with one attached hydrogen (secondary N) is 1. The Hall–Kier alpha value is -1.03. The Bertz CT molecular complexity index is 620. The van der Waals surface area contributed by atoms with Crippen molar-refractivity contribution in [3.05, 3.63) is 28.0 Å². The maximum Gasteiger partial charge on any atom is 0.338 e. The number of hydrogen-bond donors (Lipinski definition) is 2. The zero-order valence-electron chi connectivity index (χ0n) is 11.2. The van der Waals surface area contributed by atoms with Gasteiger partial charge in [-0.05, 0) is 25.5 Å². The summed E-state index contributed by atoms with van der Waals surface area (Å²) in [7, 11) is -4.13. The molecule has 0 fully saturated rings. The molecule has 1 aromatic carbocycles. The summed E-state index contributed by atoms with van der Waals surface area (Å²) >= 11 is 2.97. The van der Waals surface area contributed by atoms with Crippen LogP contribution in [0.25, 0.3) is 0 Å². The van der Waals surface area contributed by atoms with Gasteiger partial charge >= 0.3 is 5.97 Å². The Morgan fingerprint density at radius 1 is 1.48 bits per heavy atom. The molecule has 118 valence electrons. The van der Waals surface area contributed by atoms with E-state index >= 15 is 0 Å². The van der Waals surface area contributed by atoms with Crippen LogP contribution in [0.2, 0.25) is 0 Å². The fraction of sp³-hybridized carbons (Fsp3) is 0.417. The van der Waals surface area contributed by atoms with Gasteiger partial charge in [0.1, 0.15) is 4.90 Å². The van der Waals surface area contributed by atoms with Crippen LogP contribution < -0.4 is 4.72 Å². The predicted molar refractivity (Wildman–Crippen MR) is 77.4 cm³/mol. The van der Waals surface area contributed by atoms with E-state index in [0.717, 1.165) is 12.1 Å². The molecule has 21 heavy (non-hydrogen) atoms. The zero-order chi connectivity index (χ0) is 16.0. The summed E-state index contributed by atoms with van der Waals surface area (Å²) in [5, 5.41) is 8.86. The minimum Gasteiger partial charge on any atom is -0.478 e. The lowest BCUT2D eigenvalue weighted by molar-refractivity contribution is 0.0691. The van der Waals surface area contributed by atoms with Crippen molar-refractivity contribution < 1.29 is 27.4 Å². The number of carbonyl (C=O) groups is 1. The number of aromatic carboxylic acids is 1. The van der Waals surface area contributed by atoms with E-state index in [4.69, 9.17) is 9.84 Å². The van der Waals surface area contributed by atoms with Crippen LogP contribution in [-0.2, 0) is 14.8 Å². The highest BCUT2D eigenvalue weighted by atomic mass is 79.9. The second-order valence-corrected chi connectivity index (χ2v) is 6.67. The monoisotopic (exact) mass is 383 g/mol. The molecule has 0 saturated carbocycles. The lowest BCUT2D eigenvalue weighted by Gasteiger charge is -2.10. The molecular formula is C12H15BrFNO5S. The van der Waals surface area contributed by atoms with E-state index in [1.165, 1.54) is 0 Å². The number of ether oxygens (including phenoxy) is 1. The van der Waals surface area contributed by atoms with Crippen LogP contribution >= 0.6 is 15.9 Å². The second-order valence-electron chi connectivity index (χ2n) is 4.02. The zero-order valence-corrected chi connectivity index (χ0v) is 13.6. The normalized spacial score (nSPS) is 11.6. The lowest BCUT2D eigenvalue weighted by Crippen LogP contribution is -2.27. The van der Waals surface area contributed by atoms with Crippen molar-refractivity contribution in [3.8, 4) is 0 Å². The highest BCUT2D eigenvalue weighted by Gasteiger charge is 2.24. The number of hydrogen-bond acceptors (Lipinski definition) is 4. The van der Waals surface area contributed by atoms with E-state index in [1.54, 1.807) is 0 Å². The van der Waals surface area contributed by atoms with E-state index < -0.39 is 32.3 Å². The van der Waals surface area contributed by atoms with Gasteiger partial charge in [-0.25, -0.2) is 22.3 Å². The van der Waals surface area contributed by atoms with Crippen molar-refractivity contribution >= 4 is 31.9 Å². The molecule has 1 aromatic rings. The summed E-state index contributed by atoms with van der Waals surface area (Å²) in [5.74, 6) is -2.83. The third kappa shape index (κ3) is 5.03. The third-order valence-electron chi connectivity index (χ3n) is 2.49. The number of carboxylic acid groups (broad SMARTS) is 1. The fourth-order valence-electron chi connectivity index (χ4n) is 1.52. The van der Waals surface area contributed by atoms with Crippen LogP contribution in [0.15, 0.2) is 21.5 Å². The van der Waals surface area contributed by atoms with Gasteiger partial charge in [-0.1, -0.05) is 15.9 Å². The van der Waals surface area contributed by atoms with Gasteiger partial charge in [-0.15, -0.1) is 0 Å². The summed E-state index contributed by atoms with van der Waals surface area (Å²) in [6.07, 6.45) is 0.425. The van der Waals surface area contributed by atoms with Gasteiger partial charge in [0.25, 0.3) is 0 Å². The van der Waals surface area contributed by atoms with Crippen LogP contribution in [0.1, 0.15) is 23.7 Å². The smallest absolute Gasteiger partial charge is 0.338 e. The molecule has 9 heteroatoms. The quantitative estimate of drug-likeness (QED) is 0.669. The molecule has 0 radical (unpaired) electrons. The Kier molecular flexibility index (Phi) is 6.72. The van der Waals surface area contributed by atoms with Crippen LogP contribution in [0.3, 0.4) is 0 Å². The van der Waals surface area contributed by atoms with Crippen molar-refractivity contribution in [2.24, 2.45) is 0 Å². The van der Waals surface area contributed by atoms with Crippen LogP contribution in [0, 0.1) is 5.82 Å². The molecule has 6 nitrogen and oxygen atoms in total. The van der Waals surface area contributed by atoms with Gasteiger partial charge in [-0.2, -0.15) is 0 Å². The molecule has 0 spiro atoms. The Balaban J connectivity index is 2.95. The van der Waals surface area contributed by atoms with Crippen molar-refractivity contribution in [3.63, 3.8) is 0 Å². The average molecular weight is 384 g/mol. The topological polar surface area (TPSA) is 92.7 Å². The predicted octanol–water partition coefficient (Wildman–Crippen LogP) is 1.99. The highest BCUT2D eigenvalue weighted by Crippen LogP contribution is 2.24. The second kappa shape index (κ2) is 7.83.